The number of ether oxygens (including phenoxy) is 1. The molecular weight excluding hydrogens is 403 g/mol. The summed E-state index contributed by atoms with van der Waals surface area (Å²) in [5.41, 5.74) is 0.776. The Labute approximate surface area is 140 Å². The second-order valence-electron chi connectivity index (χ2n) is 4.76. The average Bonchev–Trinajstić information content (AvgIpc) is 2.89. The van der Waals surface area contributed by atoms with E-state index in [9.17, 15) is 4.79 Å². The normalized spacial score (nSPS) is 11.5. The van der Waals surface area contributed by atoms with Crippen molar-refractivity contribution in [1.29, 1.82) is 0 Å². The Morgan fingerprint density at radius 3 is 2.81 bits per heavy atom. The number of methoxy groups -OCH3 is 1. The molecule has 0 saturated heterocycles. The van der Waals surface area contributed by atoms with Crippen LogP contribution in [0.25, 0.3) is 11.3 Å². The first kappa shape index (κ1) is 16.2. The number of hydrogen-bond donors (Lipinski definition) is 0. The first-order chi connectivity index (χ1) is 9.90. The molecule has 0 aliphatic carbocycles. The number of nitrogens with zero attached hydrogens (tertiary/aromatic N) is 4. The number of halogens is 1. The highest BCUT2D eigenvalue weighted by Gasteiger charge is 2.32. The molecule has 2 aromatic heterocycles. The van der Waals surface area contributed by atoms with Crippen LogP contribution < -0.4 is 0 Å². The van der Waals surface area contributed by atoms with Gasteiger partial charge in [-0.15, -0.1) is 0 Å². The lowest BCUT2D eigenvalue weighted by molar-refractivity contribution is -0.150. The van der Waals surface area contributed by atoms with Crippen molar-refractivity contribution in [2.24, 2.45) is 0 Å². The Balaban J connectivity index is 2.46. The van der Waals surface area contributed by atoms with Gasteiger partial charge in [0.05, 0.1) is 18.4 Å². The highest BCUT2D eigenvalue weighted by atomic mass is 127. The molecule has 0 amide bonds. The van der Waals surface area contributed by atoms with Crippen molar-refractivity contribution in [3.05, 3.63) is 22.2 Å². The van der Waals surface area contributed by atoms with E-state index in [-0.39, 0.29) is 5.97 Å². The van der Waals surface area contributed by atoms with Crippen LogP contribution in [0.3, 0.4) is 0 Å². The van der Waals surface area contributed by atoms with Crippen LogP contribution in [0.4, 0.5) is 0 Å². The molecule has 0 spiro atoms. The fourth-order valence-electron chi connectivity index (χ4n) is 1.74. The summed E-state index contributed by atoms with van der Waals surface area (Å²) in [7, 11) is 1.37. The molecule has 112 valence electrons. The minimum Gasteiger partial charge on any atom is -0.467 e. The number of thioether (sulfide) groups is 1. The number of hydrogen-bond acceptors (Lipinski definition) is 6. The van der Waals surface area contributed by atoms with E-state index in [1.807, 2.05) is 18.5 Å². The second kappa shape index (κ2) is 6.30. The van der Waals surface area contributed by atoms with Crippen LogP contribution in [0.1, 0.15) is 13.8 Å². The lowest BCUT2D eigenvalue weighted by atomic mass is 10.1. The number of aromatic nitrogens is 4. The van der Waals surface area contributed by atoms with Crippen LogP contribution in [0.15, 0.2) is 23.6 Å². The van der Waals surface area contributed by atoms with Gasteiger partial charge in [0.25, 0.3) is 0 Å². The van der Waals surface area contributed by atoms with Crippen molar-refractivity contribution in [2.75, 3.05) is 13.4 Å². The molecular formula is C13H15IN4O2S. The van der Waals surface area contributed by atoms with Crippen LogP contribution in [0, 0.1) is 3.70 Å². The predicted molar refractivity (Wildman–Crippen MR) is 89.1 cm³/mol. The number of esters is 1. The summed E-state index contributed by atoms with van der Waals surface area (Å²) in [6.07, 6.45) is 5.45. The average molecular weight is 418 g/mol. The molecule has 0 radical (unpaired) electrons. The van der Waals surface area contributed by atoms with Gasteiger partial charge < -0.3 is 4.74 Å². The summed E-state index contributed by atoms with van der Waals surface area (Å²) in [5.74, 6) is -0.347. The number of carbonyl (C=O) groups excluding carboxylic acids is 1. The quantitative estimate of drug-likeness (QED) is 0.329. The first-order valence-corrected chi connectivity index (χ1v) is 8.42. The lowest BCUT2D eigenvalue weighted by Gasteiger charge is -2.21. The molecule has 2 rings (SSSR count). The van der Waals surface area contributed by atoms with Crippen LogP contribution in [-0.4, -0.2) is 39.1 Å². The smallest absolute Gasteiger partial charge is 0.333 e. The highest BCUT2D eigenvalue weighted by Crippen LogP contribution is 2.27. The van der Waals surface area contributed by atoms with E-state index in [2.05, 4.69) is 37.7 Å². The highest BCUT2D eigenvalue weighted by molar-refractivity contribution is 14.1. The zero-order valence-corrected chi connectivity index (χ0v) is 15.1. The molecule has 0 aliphatic heterocycles. The van der Waals surface area contributed by atoms with E-state index in [0.717, 1.165) is 15.0 Å². The van der Waals surface area contributed by atoms with Crippen LogP contribution in [0.2, 0.25) is 0 Å². The topological polar surface area (TPSA) is 69.9 Å². The maximum Gasteiger partial charge on any atom is 0.333 e. The van der Waals surface area contributed by atoms with Gasteiger partial charge in [-0.3, -0.25) is 4.68 Å². The minimum atomic E-state index is -0.873. The SMILES string of the molecule is COC(=O)C(C)(C)n1cc(-c2ccnc(SC)n2)c(I)n1. The standard InChI is InChI=1S/C13H15IN4O2S/c1-13(2,11(19)20-3)18-7-8(10(14)17-18)9-5-6-15-12(16-9)21-4/h5-7H,1-4H3. The zero-order valence-electron chi connectivity index (χ0n) is 12.1. The molecule has 0 aromatic carbocycles. The van der Waals surface area contributed by atoms with Crippen molar-refractivity contribution >= 4 is 40.3 Å². The van der Waals surface area contributed by atoms with Gasteiger partial charge in [0, 0.05) is 12.4 Å². The minimum absolute atomic E-state index is 0.347. The maximum atomic E-state index is 11.9. The van der Waals surface area contributed by atoms with Gasteiger partial charge >= 0.3 is 5.97 Å². The van der Waals surface area contributed by atoms with Gasteiger partial charge in [-0.25, -0.2) is 14.8 Å². The molecule has 0 aliphatic rings. The van der Waals surface area contributed by atoms with Crippen molar-refractivity contribution in [3.8, 4) is 11.3 Å². The summed E-state index contributed by atoms with van der Waals surface area (Å²) in [6.45, 7) is 3.53. The lowest BCUT2D eigenvalue weighted by Crippen LogP contribution is -2.37. The third-order valence-corrected chi connectivity index (χ3v) is 4.38. The zero-order chi connectivity index (χ0) is 15.6. The third kappa shape index (κ3) is 3.20. The molecule has 0 fully saturated rings. The summed E-state index contributed by atoms with van der Waals surface area (Å²) in [4.78, 5) is 20.5. The summed E-state index contributed by atoms with van der Waals surface area (Å²) in [6, 6.07) is 1.83. The van der Waals surface area contributed by atoms with Crippen molar-refractivity contribution in [2.45, 2.75) is 24.5 Å². The Kier molecular flexibility index (Phi) is 4.87. The Morgan fingerprint density at radius 1 is 1.48 bits per heavy atom. The van der Waals surface area contributed by atoms with Gasteiger partial charge in [0.15, 0.2) is 10.7 Å². The van der Waals surface area contributed by atoms with Gasteiger partial charge in [-0.2, -0.15) is 5.10 Å². The first-order valence-electron chi connectivity index (χ1n) is 6.11. The van der Waals surface area contributed by atoms with E-state index >= 15 is 0 Å². The number of rotatable bonds is 4. The molecule has 6 nitrogen and oxygen atoms in total. The predicted octanol–water partition coefficient (Wildman–Crippen LogP) is 2.57. The molecule has 0 saturated carbocycles. The van der Waals surface area contributed by atoms with Crippen LogP contribution >= 0.6 is 34.4 Å². The van der Waals surface area contributed by atoms with E-state index in [0.29, 0.717) is 5.16 Å². The fourth-order valence-corrected chi connectivity index (χ4v) is 2.75. The third-order valence-electron chi connectivity index (χ3n) is 3.02. The van der Waals surface area contributed by atoms with Gasteiger partial charge in [-0.05, 0) is 48.8 Å². The van der Waals surface area contributed by atoms with E-state index in [4.69, 9.17) is 4.74 Å². The van der Waals surface area contributed by atoms with Crippen LogP contribution in [0.5, 0.6) is 0 Å². The molecule has 2 aromatic rings. The summed E-state index contributed by atoms with van der Waals surface area (Å²) >= 11 is 3.61. The van der Waals surface area contributed by atoms with Crippen molar-refractivity contribution in [3.63, 3.8) is 0 Å². The molecule has 0 unspecified atom stereocenters. The van der Waals surface area contributed by atoms with Crippen molar-refractivity contribution < 1.29 is 9.53 Å². The Morgan fingerprint density at radius 2 is 2.19 bits per heavy atom. The second-order valence-corrected chi connectivity index (χ2v) is 6.55. The summed E-state index contributed by atoms with van der Waals surface area (Å²) in [5, 5.41) is 5.12. The van der Waals surface area contributed by atoms with E-state index < -0.39 is 5.54 Å². The molecule has 0 N–H and O–H groups in total. The van der Waals surface area contributed by atoms with Crippen molar-refractivity contribution in [1.82, 2.24) is 19.7 Å². The van der Waals surface area contributed by atoms with Gasteiger partial charge in [0.2, 0.25) is 0 Å². The van der Waals surface area contributed by atoms with Crippen LogP contribution in [-0.2, 0) is 15.1 Å². The van der Waals surface area contributed by atoms with Gasteiger partial charge in [0.1, 0.15) is 3.70 Å². The Hall–Kier alpha value is -1.16. The van der Waals surface area contributed by atoms with E-state index in [1.165, 1.54) is 18.9 Å². The summed E-state index contributed by atoms with van der Waals surface area (Å²) < 4.78 is 7.21. The largest absolute Gasteiger partial charge is 0.467 e. The molecule has 2 heterocycles. The maximum absolute atomic E-state index is 11.9. The molecule has 0 atom stereocenters. The van der Waals surface area contributed by atoms with E-state index in [1.54, 1.807) is 24.7 Å². The molecule has 21 heavy (non-hydrogen) atoms. The number of carbonyl (C=O) groups is 1. The fraction of sp³-hybridized carbons (Fsp3) is 0.385. The molecule has 8 heteroatoms. The monoisotopic (exact) mass is 418 g/mol. The molecule has 0 bridgehead atoms. The van der Waals surface area contributed by atoms with Gasteiger partial charge in [-0.1, -0.05) is 11.8 Å². The Bertz CT molecular complexity index is 672.